The molecule has 0 saturated heterocycles. The van der Waals surface area contributed by atoms with E-state index in [1.54, 1.807) is 0 Å². The molecule has 0 bridgehead atoms. The molecule has 0 radical (unpaired) electrons. The van der Waals surface area contributed by atoms with E-state index in [2.05, 4.69) is 255 Å². The van der Waals surface area contributed by atoms with Crippen molar-refractivity contribution in [3.8, 4) is 22.3 Å². The Hall–Kier alpha value is -8.06. The first-order valence-electron chi connectivity index (χ1n) is 21.4. The molecule has 11 aromatic carbocycles. The molecule has 0 amide bonds. The molecule has 0 saturated carbocycles. The van der Waals surface area contributed by atoms with E-state index in [0.717, 1.165) is 11.1 Å². The zero-order valence-corrected chi connectivity index (χ0v) is 34.2. The summed E-state index contributed by atoms with van der Waals surface area (Å²) >= 11 is 0. The number of hydrogen-bond donors (Lipinski definition) is 0. The molecular formula is C62H42. The van der Waals surface area contributed by atoms with Crippen molar-refractivity contribution in [2.24, 2.45) is 0 Å². The molecule has 0 heterocycles. The van der Waals surface area contributed by atoms with Gasteiger partial charge in [-0.25, -0.2) is 0 Å². The number of fused-ring (bicyclic) bond motifs is 4. The highest BCUT2D eigenvalue weighted by Gasteiger charge is 2.16. The van der Waals surface area contributed by atoms with Crippen LogP contribution in [0, 0.1) is 0 Å². The van der Waals surface area contributed by atoms with Crippen LogP contribution < -0.4 is 0 Å². The maximum absolute atomic E-state index is 2.35. The van der Waals surface area contributed by atoms with Crippen LogP contribution in [0.2, 0.25) is 0 Å². The molecule has 0 fully saturated rings. The topological polar surface area (TPSA) is 0 Å². The zero-order chi connectivity index (χ0) is 41.2. The Bertz CT molecular complexity index is 3230. The Balaban J connectivity index is 1.02. The van der Waals surface area contributed by atoms with Crippen LogP contribution in [0.25, 0.3) is 88.6 Å². The van der Waals surface area contributed by atoms with Gasteiger partial charge < -0.3 is 0 Å². The average Bonchev–Trinajstić information content (AvgIpc) is 3.35. The summed E-state index contributed by atoms with van der Waals surface area (Å²) in [7, 11) is 0. The Kier molecular flexibility index (Phi) is 9.65. The number of hydrogen-bond acceptors (Lipinski definition) is 0. The first-order chi connectivity index (χ1) is 30.8. The summed E-state index contributed by atoms with van der Waals surface area (Å²) in [5, 5.41) is 9.99. The van der Waals surface area contributed by atoms with Gasteiger partial charge in [0.05, 0.1) is 0 Å². The molecule has 0 nitrogen and oxygen atoms in total. The summed E-state index contributed by atoms with van der Waals surface area (Å²) in [4.78, 5) is 0. The quantitative estimate of drug-likeness (QED) is 0.135. The van der Waals surface area contributed by atoms with Crippen molar-refractivity contribution in [1.29, 1.82) is 0 Å². The second kappa shape index (κ2) is 16.2. The Labute approximate surface area is 363 Å². The molecular weight excluding hydrogens is 745 g/mol. The first kappa shape index (κ1) is 37.0. The minimum Gasteiger partial charge on any atom is -0.0622 e. The average molecular weight is 787 g/mol. The lowest BCUT2D eigenvalue weighted by Gasteiger charge is -2.17. The fourth-order valence-corrected chi connectivity index (χ4v) is 9.35. The van der Waals surface area contributed by atoms with Crippen LogP contribution >= 0.6 is 0 Å². The lowest BCUT2D eigenvalue weighted by atomic mass is 9.87. The van der Waals surface area contributed by atoms with Crippen LogP contribution in [0.3, 0.4) is 0 Å². The number of benzene rings is 11. The maximum atomic E-state index is 2.35. The maximum Gasteiger partial charge on any atom is -0.00987 e. The molecule has 62 heavy (non-hydrogen) atoms. The van der Waals surface area contributed by atoms with Crippen LogP contribution in [-0.2, 0) is 0 Å². The first-order valence-corrected chi connectivity index (χ1v) is 21.4. The summed E-state index contributed by atoms with van der Waals surface area (Å²) in [5.41, 5.74) is 14.5. The van der Waals surface area contributed by atoms with Crippen molar-refractivity contribution in [3.63, 3.8) is 0 Å². The van der Waals surface area contributed by atoms with Gasteiger partial charge in [-0.15, -0.1) is 0 Å². The predicted octanol–water partition coefficient (Wildman–Crippen LogP) is 16.8. The highest BCUT2D eigenvalue weighted by molar-refractivity contribution is 6.12. The van der Waals surface area contributed by atoms with E-state index in [9.17, 15) is 0 Å². The monoisotopic (exact) mass is 786 g/mol. The molecule has 11 rings (SSSR count). The molecule has 11 aromatic rings. The summed E-state index contributed by atoms with van der Waals surface area (Å²) in [5.74, 6) is 0. The van der Waals surface area contributed by atoms with Gasteiger partial charge in [-0.1, -0.05) is 243 Å². The highest BCUT2D eigenvalue weighted by atomic mass is 14.2. The molecule has 0 aliphatic heterocycles. The van der Waals surface area contributed by atoms with E-state index in [4.69, 9.17) is 0 Å². The van der Waals surface area contributed by atoms with Gasteiger partial charge in [0.2, 0.25) is 0 Å². The van der Waals surface area contributed by atoms with Gasteiger partial charge in [0, 0.05) is 0 Å². The predicted molar refractivity (Wildman–Crippen MR) is 267 cm³/mol. The van der Waals surface area contributed by atoms with Gasteiger partial charge in [-0.2, -0.15) is 0 Å². The molecule has 0 atom stereocenters. The smallest absolute Gasteiger partial charge is 0.00987 e. The molecule has 0 aliphatic carbocycles. The Morgan fingerprint density at radius 1 is 0.226 bits per heavy atom. The number of rotatable bonds is 8. The van der Waals surface area contributed by atoms with Gasteiger partial charge in [-0.05, 0) is 122 Å². The normalized spacial score (nSPS) is 12.1. The second-order valence-corrected chi connectivity index (χ2v) is 16.0. The third kappa shape index (κ3) is 6.88. The van der Waals surface area contributed by atoms with Gasteiger partial charge in [0.1, 0.15) is 0 Å². The fourth-order valence-electron chi connectivity index (χ4n) is 9.35. The Morgan fingerprint density at radius 2 is 0.548 bits per heavy atom. The largest absolute Gasteiger partial charge is 0.0622 e. The van der Waals surface area contributed by atoms with Crippen LogP contribution in [-0.4, -0.2) is 0 Å². The summed E-state index contributed by atoms with van der Waals surface area (Å²) < 4.78 is 0. The van der Waals surface area contributed by atoms with Crippen LogP contribution in [0.1, 0.15) is 33.4 Å². The molecule has 0 N–H and O–H groups in total. The highest BCUT2D eigenvalue weighted by Crippen LogP contribution is 2.41. The SMILES string of the molecule is C(=C(/c1ccccc1)c1ccc(-c2cccc3ccccc23)c2ccccc12)/c1ccc(/C=C(\c2ccccc2)c2ccc(-c3cccc4ccccc34)c3ccccc23)cc1. The van der Waals surface area contributed by atoms with Crippen LogP contribution in [0.15, 0.2) is 243 Å². The second-order valence-electron chi connectivity index (χ2n) is 16.0. The minimum absolute atomic E-state index is 1.15. The van der Waals surface area contributed by atoms with Crippen molar-refractivity contribution in [3.05, 3.63) is 276 Å². The molecule has 0 spiro atoms. The van der Waals surface area contributed by atoms with Gasteiger partial charge >= 0.3 is 0 Å². The van der Waals surface area contributed by atoms with Crippen molar-refractivity contribution in [2.75, 3.05) is 0 Å². The molecule has 0 aromatic heterocycles. The lowest BCUT2D eigenvalue weighted by Crippen LogP contribution is -1.93. The fraction of sp³-hybridized carbons (Fsp3) is 0. The van der Waals surface area contributed by atoms with E-state index in [-0.39, 0.29) is 0 Å². The third-order valence-corrected chi connectivity index (χ3v) is 12.3. The molecule has 0 unspecified atom stereocenters. The summed E-state index contributed by atoms with van der Waals surface area (Å²) in [6, 6.07) is 88.2. The van der Waals surface area contributed by atoms with Gasteiger partial charge in [0.15, 0.2) is 0 Å². The minimum atomic E-state index is 1.15. The van der Waals surface area contributed by atoms with E-state index in [1.807, 2.05) is 0 Å². The van der Waals surface area contributed by atoms with Crippen LogP contribution in [0.4, 0.5) is 0 Å². The van der Waals surface area contributed by atoms with Crippen molar-refractivity contribution in [2.45, 2.75) is 0 Å². The molecule has 0 heteroatoms. The van der Waals surface area contributed by atoms with Gasteiger partial charge in [-0.3, -0.25) is 0 Å². The zero-order valence-electron chi connectivity index (χ0n) is 34.2. The Morgan fingerprint density at radius 3 is 0.968 bits per heavy atom. The molecule has 290 valence electrons. The summed E-state index contributed by atoms with van der Waals surface area (Å²) in [6.45, 7) is 0. The van der Waals surface area contributed by atoms with Crippen molar-refractivity contribution < 1.29 is 0 Å². The van der Waals surface area contributed by atoms with Crippen LogP contribution in [0.5, 0.6) is 0 Å². The lowest BCUT2D eigenvalue weighted by molar-refractivity contribution is 1.56. The summed E-state index contributed by atoms with van der Waals surface area (Å²) in [6.07, 6.45) is 4.69. The third-order valence-electron chi connectivity index (χ3n) is 12.3. The van der Waals surface area contributed by atoms with Crippen molar-refractivity contribution in [1.82, 2.24) is 0 Å². The van der Waals surface area contributed by atoms with E-state index in [0.29, 0.717) is 0 Å². The van der Waals surface area contributed by atoms with E-state index < -0.39 is 0 Å². The van der Waals surface area contributed by atoms with E-state index >= 15 is 0 Å². The van der Waals surface area contributed by atoms with E-state index in [1.165, 1.54) is 98.7 Å². The molecule has 0 aliphatic rings. The van der Waals surface area contributed by atoms with Crippen molar-refractivity contribution >= 4 is 66.4 Å². The standard InChI is InChI=1S/C62H42/c1-3-17-47(18-4-1)61(59-39-37-57(53-27-11-13-29-55(53)59)51-31-15-23-45-21-7-9-25-49(45)51)41-43-33-35-44(36-34-43)42-62(48-19-5-2-6-20-48)60-40-38-58(54-28-12-14-30-56(54)60)52-32-16-24-46-22-8-10-26-50(46)52/h1-42H/b61-41+,62-42+. The van der Waals surface area contributed by atoms with Gasteiger partial charge in [0.25, 0.3) is 0 Å².